The molecule has 1 saturated heterocycles. The number of nitrogens with one attached hydrogen (secondary N) is 2. The molecule has 0 aromatic carbocycles. The Morgan fingerprint density at radius 1 is 1.24 bits per heavy atom. The molecule has 13 nitrogen and oxygen atoms in total. The third-order valence-corrected chi connectivity index (χ3v) is 5.17. The summed E-state index contributed by atoms with van der Waals surface area (Å²) in [5.74, 6) is -3.52. The van der Waals surface area contributed by atoms with Gasteiger partial charge < -0.3 is 31.1 Å². The molecular weight excluding hydrogens is 448 g/mol. The Bertz CT molecular complexity index is 895. The summed E-state index contributed by atoms with van der Waals surface area (Å²) in [5.41, 5.74) is 5.54. The second-order valence-corrected chi connectivity index (χ2v) is 8.37. The quantitative estimate of drug-likeness (QED) is 0.298. The number of nitrogens with two attached hydrogens (primary N) is 1. The van der Waals surface area contributed by atoms with Gasteiger partial charge in [-0.2, -0.15) is 0 Å². The lowest BCUT2D eigenvalue weighted by molar-refractivity contribution is -0.150. The zero-order chi connectivity index (χ0) is 25.3. The summed E-state index contributed by atoms with van der Waals surface area (Å²) in [6.07, 6.45) is 4.83. The van der Waals surface area contributed by atoms with Crippen molar-refractivity contribution in [3.05, 3.63) is 24.3 Å². The van der Waals surface area contributed by atoms with E-state index in [1.54, 1.807) is 0 Å². The predicted molar refractivity (Wildman–Crippen MR) is 117 cm³/mol. The van der Waals surface area contributed by atoms with Gasteiger partial charge in [0.15, 0.2) is 0 Å². The van der Waals surface area contributed by atoms with Crippen LogP contribution in [0.4, 0.5) is 0 Å². The average Bonchev–Trinajstić information content (AvgIpc) is 2.78. The number of amides is 4. The van der Waals surface area contributed by atoms with Crippen LogP contribution < -0.4 is 16.4 Å². The van der Waals surface area contributed by atoms with Gasteiger partial charge in [-0.05, 0) is 25.2 Å². The molecule has 0 aliphatic carbocycles. The lowest BCUT2D eigenvalue weighted by Gasteiger charge is -2.39. The van der Waals surface area contributed by atoms with Gasteiger partial charge in [0.25, 0.3) is 5.91 Å². The first-order chi connectivity index (χ1) is 16.1. The lowest BCUT2D eigenvalue weighted by atomic mass is 9.95. The number of hydrogen-bond acceptors (Lipinski definition) is 8. The van der Waals surface area contributed by atoms with Crippen molar-refractivity contribution in [3.63, 3.8) is 0 Å². The van der Waals surface area contributed by atoms with Gasteiger partial charge in [-0.3, -0.25) is 24.2 Å². The molecule has 2 rings (SSSR count). The highest BCUT2D eigenvalue weighted by Gasteiger charge is 2.38. The van der Waals surface area contributed by atoms with Gasteiger partial charge in [0, 0.05) is 25.0 Å². The van der Waals surface area contributed by atoms with Crippen LogP contribution in [0.2, 0.25) is 0 Å². The molecule has 0 saturated carbocycles. The van der Waals surface area contributed by atoms with Crippen LogP contribution in [0.25, 0.3) is 0 Å². The van der Waals surface area contributed by atoms with Crippen molar-refractivity contribution in [2.45, 2.75) is 51.2 Å². The molecule has 1 aliphatic rings. The number of nitrogens with zero attached hydrogens (tertiary/aromatic N) is 3. The second-order valence-electron chi connectivity index (χ2n) is 8.37. The average molecular weight is 479 g/mol. The first-order valence-electron chi connectivity index (χ1n) is 10.8. The van der Waals surface area contributed by atoms with Crippen molar-refractivity contribution < 1.29 is 33.8 Å². The molecule has 1 aromatic heterocycles. The van der Waals surface area contributed by atoms with Gasteiger partial charge in [-0.1, -0.05) is 13.8 Å². The van der Waals surface area contributed by atoms with Gasteiger partial charge in [0.05, 0.1) is 6.20 Å². The largest absolute Gasteiger partial charge is 0.480 e. The van der Waals surface area contributed by atoms with Crippen LogP contribution >= 0.6 is 0 Å². The van der Waals surface area contributed by atoms with Crippen LogP contribution in [0.15, 0.2) is 18.6 Å². The van der Waals surface area contributed by atoms with E-state index in [2.05, 4.69) is 20.6 Å². The van der Waals surface area contributed by atoms with E-state index >= 15 is 0 Å². The molecule has 1 aliphatic heterocycles. The van der Waals surface area contributed by atoms with Crippen LogP contribution in [0.3, 0.4) is 0 Å². The first kappa shape index (κ1) is 26.6. The maximum Gasteiger partial charge on any atom is 0.329 e. The summed E-state index contributed by atoms with van der Waals surface area (Å²) in [6.45, 7) is 2.65. The molecule has 0 bridgehead atoms. The van der Waals surface area contributed by atoms with E-state index < -0.39 is 60.9 Å². The van der Waals surface area contributed by atoms with E-state index in [4.69, 9.17) is 15.6 Å². The number of carboxylic acids is 1. The smallest absolute Gasteiger partial charge is 0.329 e. The van der Waals surface area contributed by atoms with E-state index in [1.165, 1.54) is 23.5 Å². The minimum Gasteiger partial charge on any atom is -0.480 e. The van der Waals surface area contributed by atoms with Gasteiger partial charge in [-0.25, -0.2) is 9.78 Å². The number of likely N-dealkylation sites (tertiary alicyclic amines) is 1. The standard InChI is InChI=1S/C21H30N6O7/c1-12(2)7-14(19(22)31)26-21(33)16-8-13(25-20(32)15-9-23-4-5-24-15)3-6-27(16)17(28)10-34-11-18(29)30/h4-5,9,12-14,16H,3,6-8,10-11H2,1-2H3,(H2,22,31)(H,25,32)(H,26,33)(H,29,30)/t13-,14+,16-/m0/s1. The van der Waals surface area contributed by atoms with Gasteiger partial charge in [-0.15, -0.1) is 0 Å². The van der Waals surface area contributed by atoms with Crippen molar-refractivity contribution in [2.75, 3.05) is 19.8 Å². The summed E-state index contributed by atoms with van der Waals surface area (Å²) in [5, 5.41) is 14.1. The molecule has 13 heteroatoms. The molecule has 1 fully saturated rings. The molecule has 0 unspecified atom stereocenters. The molecule has 0 spiro atoms. The highest BCUT2D eigenvalue weighted by atomic mass is 16.5. The van der Waals surface area contributed by atoms with Crippen LogP contribution in [-0.4, -0.2) is 87.5 Å². The summed E-state index contributed by atoms with van der Waals surface area (Å²) in [6, 6.07) is -2.43. The van der Waals surface area contributed by atoms with Crippen LogP contribution in [0.5, 0.6) is 0 Å². The number of carboxylic acid groups (broad SMARTS) is 1. The Morgan fingerprint density at radius 3 is 2.56 bits per heavy atom. The zero-order valence-corrected chi connectivity index (χ0v) is 19.1. The Balaban J connectivity index is 2.14. The molecule has 4 amide bonds. The molecule has 186 valence electrons. The number of carbonyl (C=O) groups excluding carboxylic acids is 4. The molecule has 1 aromatic rings. The Kier molecular flexibility index (Phi) is 9.86. The van der Waals surface area contributed by atoms with Gasteiger partial charge in [0.2, 0.25) is 17.7 Å². The van der Waals surface area contributed by atoms with Crippen LogP contribution in [-0.2, 0) is 23.9 Å². The predicted octanol–water partition coefficient (Wildman–Crippen LogP) is -1.32. The van der Waals surface area contributed by atoms with Crippen molar-refractivity contribution >= 4 is 29.6 Å². The number of ether oxygens (including phenoxy) is 1. The number of aliphatic carboxylic acids is 1. The van der Waals surface area contributed by atoms with E-state index in [0.29, 0.717) is 12.8 Å². The van der Waals surface area contributed by atoms with Crippen molar-refractivity contribution in [1.82, 2.24) is 25.5 Å². The topological polar surface area (TPSA) is 194 Å². The number of hydrogen-bond donors (Lipinski definition) is 4. The van der Waals surface area contributed by atoms with Crippen molar-refractivity contribution in [1.29, 1.82) is 0 Å². The monoisotopic (exact) mass is 478 g/mol. The summed E-state index contributed by atoms with van der Waals surface area (Å²) in [4.78, 5) is 69.8. The fraction of sp³-hybridized carbons (Fsp3) is 0.571. The molecule has 0 radical (unpaired) electrons. The fourth-order valence-electron chi connectivity index (χ4n) is 3.61. The number of rotatable bonds is 11. The Hall–Kier alpha value is -3.61. The minimum atomic E-state index is -1.23. The number of aromatic nitrogens is 2. The molecule has 3 atom stereocenters. The lowest BCUT2D eigenvalue weighted by Crippen LogP contribution is -2.60. The third-order valence-electron chi connectivity index (χ3n) is 5.17. The summed E-state index contributed by atoms with van der Waals surface area (Å²) >= 11 is 0. The minimum absolute atomic E-state index is 0.0651. The summed E-state index contributed by atoms with van der Waals surface area (Å²) in [7, 11) is 0. The van der Waals surface area contributed by atoms with Crippen molar-refractivity contribution in [3.8, 4) is 0 Å². The number of piperidine rings is 1. The third kappa shape index (κ3) is 8.06. The van der Waals surface area contributed by atoms with Crippen molar-refractivity contribution in [2.24, 2.45) is 11.7 Å². The normalized spacial score (nSPS) is 18.7. The SMILES string of the molecule is CC(C)C[C@@H](NC(=O)[C@@H]1C[C@@H](NC(=O)c2cnccn2)CCN1C(=O)COCC(=O)O)C(N)=O. The second kappa shape index (κ2) is 12.6. The van der Waals surface area contributed by atoms with Gasteiger partial charge >= 0.3 is 5.97 Å². The number of primary amides is 1. The first-order valence-corrected chi connectivity index (χ1v) is 10.8. The molecule has 2 heterocycles. The highest BCUT2D eigenvalue weighted by molar-refractivity contribution is 5.93. The summed E-state index contributed by atoms with van der Waals surface area (Å²) < 4.78 is 4.88. The number of carbonyl (C=O) groups is 5. The van der Waals surface area contributed by atoms with E-state index in [9.17, 15) is 24.0 Å². The molecule has 5 N–H and O–H groups in total. The van der Waals surface area contributed by atoms with E-state index in [1.807, 2.05) is 13.8 Å². The fourth-order valence-corrected chi connectivity index (χ4v) is 3.61. The highest BCUT2D eigenvalue weighted by Crippen LogP contribution is 2.20. The molecular formula is C21H30N6O7. The van der Waals surface area contributed by atoms with E-state index in [-0.39, 0.29) is 24.6 Å². The van der Waals surface area contributed by atoms with Crippen LogP contribution in [0, 0.1) is 5.92 Å². The van der Waals surface area contributed by atoms with Crippen LogP contribution in [0.1, 0.15) is 43.6 Å². The maximum absolute atomic E-state index is 13.1. The maximum atomic E-state index is 13.1. The van der Waals surface area contributed by atoms with Gasteiger partial charge in [0.1, 0.15) is 31.0 Å². The van der Waals surface area contributed by atoms with E-state index in [0.717, 1.165) is 0 Å². The Morgan fingerprint density at radius 2 is 1.97 bits per heavy atom. The molecule has 34 heavy (non-hydrogen) atoms. The Labute approximate surface area is 196 Å². The zero-order valence-electron chi connectivity index (χ0n) is 19.1.